The third kappa shape index (κ3) is 6.50. The number of ether oxygens (including phenoxy) is 1. The number of hydrogen-bond acceptors (Lipinski definition) is 3. The zero-order chi connectivity index (χ0) is 16.5. The van der Waals surface area contributed by atoms with Gasteiger partial charge in [0, 0.05) is 13.5 Å². The predicted molar refractivity (Wildman–Crippen MR) is 92.9 cm³/mol. The second kappa shape index (κ2) is 9.92. The van der Waals surface area contributed by atoms with Gasteiger partial charge in [0.2, 0.25) is 0 Å². The molecule has 3 atom stereocenters. The normalized spacial score (nSPS) is 30.1. The lowest BCUT2D eigenvalue weighted by atomic mass is 9.78. The Kier molecular flexibility index (Phi) is 7.87. The Morgan fingerprint density at radius 2 is 1.91 bits per heavy atom. The molecule has 0 aromatic carbocycles. The highest BCUT2D eigenvalue weighted by Crippen LogP contribution is 2.32. The van der Waals surface area contributed by atoms with Gasteiger partial charge in [0.25, 0.3) is 0 Å². The highest BCUT2D eigenvalue weighted by molar-refractivity contribution is 5.66. The summed E-state index contributed by atoms with van der Waals surface area (Å²) < 4.78 is 5.29. The summed E-state index contributed by atoms with van der Waals surface area (Å²) in [4.78, 5) is 11.1. The maximum absolute atomic E-state index is 11.1. The van der Waals surface area contributed by atoms with E-state index < -0.39 is 0 Å². The molecule has 2 aliphatic carbocycles. The number of hydrogen-bond donors (Lipinski definition) is 1. The SMILES string of the molecule is CC(=O)O[C@@H]1CC[C@@H](/C=C/C=C/CC2CCCCC2)[C@@H](CO)C1. The minimum Gasteiger partial charge on any atom is -0.463 e. The van der Waals surface area contributed by atoms with Crippen molar-refractivity contribution >= 4 is 5.97 Å². The third-order valence-corrected chi connectivity index (χ3v) is 5.36. The predicted octanol–water partition coefficient (Wildman–Crippen LogP) is 4.41. The Labute approximate surface area is 140 Å². The van der Waals surface area contributed by atoms with Gasteiger partial charge in [0.05, 0.1) is 0 Å². The second-order valence-electron chi connectivity index (χ2n) is 7.20. The number of aliphatic hydroxyl groups is 1. The van der Waals surface area contributed by atoms with Crippen LogP contribution in [0.1, 0.15) is 64.7 Å². The van der Waals surface area contributed by atoms with E-state index in [-0.39, 0.29) is 24.6 Å². The number of esters is 1. The minimum atomic E-state index is -0.216. The van der Waals surface area contributed by atoms with E-state index >= 15 is 0 Å². The van der Waals surface area contributed by atoms with Gasteiger partial charge in [-0.15, -0.1) is 0 Å². The van der Waals surface area contributed by atoms with E-state index in [1.165, 1.54) is 45.4 Å². The average molecular weight is 320 g/mol. The van der Waals surface area contributed by atoms with Crippen molar-refractivity contribution in [3.8, 4) is 0 Å². The molecule has 2 fully saturated rings. The van der Waals surface area contributed by atoms with Crippen molar-refractivity contribution in [2.24, 2.45) is 17.8 Å². The maximum Gasteiger partial charge on any atom is 0.302 e. The largest absolute Gasteiger partial charge is 0.463 e. The fourth-order valence-electron chi connectivity index (χ4n) is 4.03. The van der Waals surface area contributed by atoms with Crippen molar-refractivity contribution in [1.29, 1.82) is 0 Å². The lowest BCUT2D eigenvalue weighted by Crippen LogP contribution is -2.31. The highest BCUT2D eigenvalue weighted by atomic mass is 16.5. The Bertz CT molecular complexity index is 407. The second-order valence-corrected chi connectivity index (χ2v) is 7.20. The minimum absolute atomic E-state index is 0.0175. The zero-order valence-electron chi connectivity index (χ0n) is 14.5. The van der Waals surface area contributed by atoms with Gasteiger partial charge < -0.3 is 9.84 Å². The van der Waals surface area contributed by atoms with Crippen molar-refractivity contribution in [2.45, 2.75) is 70.8 Å². The van der Waals surface area contributed by atoms with Crippen LogP contribution in [0.25, 0.3) is 0 Å². The summed E-state index contributed by atoms with van der Waals surface area (Å²) in [5, 5.41) is 9.59. The van der Waals surface area contributed by atoms with Gasteiger partial charge in [0.15, 0.2) is 0 Å². The van der Waals surface area contributed by atoms with Crippen LogP contribution in [-0.2, 0) is 9.53 Å². The smallest absolute Gasteiger partial charge is 0.302 e. The van der Waals surface area contributed by atoms with Gasteiger partial charge in [-0.05, 0) is 43.4 Å². The zero-order valence-corrected chi connectivity index (χ0v) is 14.5. The third-order valence-electron chi connectivity index (χ3n) is 5.36. The molecule has 0 radical (unpaired) electrons. The summed E-state index contributed by atoms with van der Waals surface area (Å²) in [6.45, 7) is 1.62. The van der Waals surface area contributed by atoms with Crippen LogP contribution in [0.4, 0.5) is 0 Å². The van der Waals surface area contributed by atoms with Gasteiger partial charge in [-0.1, -0.05) is 56.4 Å². The van der Waals surface area contributed by atoms with Crippen LogP contribution in [0.5, 0.6) is 0 Å². The van der Waals surface area contributed by atoms with Crippen LogP contribution >= 0.6 is 0 Å². The number of allylic oxidation sites excluding steroid dienone is 4. The highest BCUT2D eigenvalue weighted by Gasteiger charge is 2.29. The summed E-state index contributed by atoms with van der Waals surface area (Å²) in [5.41, 5.74) is 0. The fraction of sp³-hybridized carbons (Fsp3) is 0.750. The van der Waals surface area contributed by atoms with E-state index in [9.17, 15) is 9.90 Å². The molecule has 2 rings (SSSR count). The van der Waals surface area contributed by atoms with Gasteiger partial charge >= 0.3 is 5.97 Å². The molecular formula is C20H32O3. The van der Waals surface area contributed by atoms with E-state index in [0.29, 0.717) is 5.92 Å². The molecule has 3 nitrogen and oxygen atoms in total. The molecule has 2 saturated carbocycles. The van der Waals surface area contributed by atoms with Crippen molar-refractivity contribution < 1.29 is 14.6 Å². The van der Waals surface area contributed by atoms with Crippen molar-refractivity contribution in [2.75, 3.05) is 6.61 Å². The quantitative estimate of drug-likeness (QED) is 0.582. The average Bonchev–Trinajstić information content (AvgIpc) is 2.56. The number of aliphatic hydroxyl groups excluding tert-OH is 1. The van der Waals surface area contributed by atoms with Crippen molar-refractivity contribution in [3.63, 3.8) is 0 Å². The molecule has 3 heteroatoms. The first-order valence-electron chi connectivity index (χ1n) is 9.30. The van der Waals surface area contributed by atoms with Crippen LogP contribution in [0.2, 0.25) is 0 Å². The molecule has 0 heterocycles. The van der Waals surface area contributed by atoms with E-state index in [0.717, 1.165) is 25.2 Å². The molecule has 0 amide bonds. The number of carbonyl (C=O) groups is 1. The van der Waals surface area contributed by atoms with Gasteiger partial charge in [-0.25, -0.2) is 0 Å². The number of carbonyl (C=O) groups excluding carboxylic acids is 1. The Morgan fingerprint density at radius 1 is 1.13 bits per heavy atom. The van der Waals surface area contributed by atoms with E-state index in [2.05, 4.69) is 24.3 Å². The first-order valence-corrected chi connectivity index (χ1v) is 9.30. The molecule has 1 N–H and O–H groups in total. The summed E-state index contributed by atoms with van der Waals surface area (Å²) in [6.07, 6.45) is 19.7. The molecule has 0 aromatic heterocycles. The molecule has 2 aliphatic rings. The van der Waals surface area contributed by atoms with Crippen LogP contribution in [0.15, 0.2) is 24.3 Å². The van der Waals surface area contributed by atoms with E-state index in [1.54, 1.807) is 0 Å². The summed E-state index contributed by atoms with van der Waals surface area (Å²) in [5.74, 6) is 1.27. The summed E-state index contributed by atoms with van der Waals surface area (Å²) in [7, 11) is 0. The monoisotopic (exact) mass is 320 g/mol. The topological polar surface area (TPSA) is 46.5 Å². The number of rotatable bonds is 6. The fourth-order valence-corrected chi connectivity index (χ4v) is 4.03. The van der Waals surface area contributed by atoms with Crippen LogP contribution in [-0.4, -0.2) is 23.8 Å². The maximum atomic E-state index is 11.1. The Morgan fingerprint density at radius 3 is 2.61 bits per heavy atom. The lowest BCUT2D eigenvalue weighted by Gasteiger charge is -2.33. The molecule has 0 aliphatic heterocycles. The van der Waals surface area contributed by atoms with E-state index in [4.69, 9.17) is 4.74 Å². The molecular weight excluding hydrogens is 288 g/mol. The molecule has 0 spiro atoms. The summed E-state index contributed by atoms with van der Waals surface area (Å²) >= 11 is 0. The Balaban J connectivity index is 1.73. The molecule has 0 aromatic rings. The van der Waals surface area contributed by atoms with Crippen molar-refractivity contribution in [3.05, 3.63) is 24.3 Å². The molecule has 0 unspecified atom stereocenters. The summed E-state index contributed by atoms with van der Waals surface area (Å²) in [6, 6.07) is 0. The molecule has 0 bridgehead atoms. The van der Waals surface area contributed by atoms with Gasteiger partial charge in [0.1, 0.15) is 6.10 Å². The molecule has 0 saturated heterocycles. The van der Waals surface area contributed by atoms with Crippen LogP contribution in [0.3, 0.4) is 0 Å². The van der Waals surface area contributed by atoms with Crippen LogP contribution < -0.4 is 0 Å². The van der Waals surface area contributed by atoms with Gasteiger partial charge in [-0.3, -0.25) is 4.79 Å². The van der Waals surface area contributed by atoms with Crippen LogP contribution in [0, 0.1) is 17.8 Å². The van der Waals surface area contributed by atoms with Crippen molar-refractivity contribution in [1.82, 2.24) is 0 Å². The molecule has 130 valence electrons. The first kappa shape index (κ1) is 18.3. The molecule has 23 heavy (non-hydrogen) atoms. The van der Waals surface area contributed by atoms with E-state index in [1.807, 2.05) is 0 Å². The lowest BCUT2D eigenvalue weighted by molar-refractivity contribution is -0.149. The van der Waals surface area contributed by atoms with Gasteiger partial charge in [-0.2, -0.15) is 0 Å². The standard InChI is InChI=1S/C20H32O3/c1-16(22)23-20-13-12-18(19(14-20)15-21)11-7-3-6-10-17-8-4-2-5-9-17/h3,6-7,11,17-21H,2,4-5,8-10,12-15H2,1H3/b6-3+,11-7+/t18-,19-,20-/m1/s1. The first-order chi connectivity index (χ1) is 11.2. The Hall–Kier alpha value is -1.09.